The smallest absolute Gasteiger partial charge is 0.237 e. The molecule has 38 heavy (non-hydrogen) atoms. The number of halogens is 1. The summed E-state index contributed by atoms with van der Waals surface area (Å²) in [5, 5.41) is 0.753. The fourth-order valence-corrected chi connectivity index (χ4v) is 7.50. The molecule has 0 N–H and O–H groups in total. The van der Waals surface area contributed by atoms with Crippen LogP contribution in [-0.2, 0) is 32.9 Å². The Labute approximate surface area is 232 Å². The first-order valence-electron chi connectivity index (χ1n) is 11.9. The van der Waals surface area contributed by atoms with Crippen molar-refractivity contribution in [2.24, 2.45) is 0 Å². The zero-order valence-electron chi connectivity index (χ0n) is 20.8. The molecule has 0 fully saturated rings. The summed E-state index contributed by atoms with van der Waals surface area (Å²) in [6.45, 7) is 5.84. The first-order valence-corrected chi connectivity index (χ1v) is 15.6. The molecule has 0 aliphatic rings. The van der Waals surface area contributed by atoms with Gasteiger partial charge in [-0.25, -0.2) is 20.8 Å². The van der Waals surface area contributed by atoms with Gasteiger partial charge in [-0.3, -0.25) is 0 Å². The number of nitrogens with zero attached hydrogens (tertiary/aromatic N) is 2. The number of benzene rings is 3. The first kappa shape index (κ1) is 27.9. The fraction of sp³-hybridized carbons (Fsp3) is 0.172. The van der Waals surface area contributed by atoms with Crippen LogP contribution in [0.5, 0.6) is 0 Å². The van der Waals surface area contributed by atoms with E-state index < -0.39 is 20.0 Å². The minimum absolute atomic E-state index is 0.0147. The van der Waals surface area contributed by atoms with Gasteiger partial charge in [-0.05, 0) is 54.1 Å². The maximum Gasteiger partial charge on any atom is 0.268 e. The highest BCUT2D eigenvalue weighted by molar-refractivity contribution is 9.12. The molecule has 0 bridgehead atoms. The monoisotopic (exact) mass is 610 g/mol. The van der Waals surface area contributed by atoms with Crippen molar-refractivity contribution in [2.75, 3.05) is 13.1 Å². The molecule has 196 valence electrons. The third kappa shape index (κ3) is 5.49. The maximum atomic E-state index is 13.8. The molecule has 1 aromatic heterocycles. The van der Waals surface area contributed by atoms with E-state index in [1.807, 2.05) is 19.1 Å². The van der Waals surface area contributed by atoms with Crippen molar-refractivity contribution in [1.82, 2.24) is 8.28 Å². The van der Waals surface area contributed by atoms with Crippen molar-refractivity contribution in [3.05, 3.63) is 108 Å². The van der Waals surface area contributed by atoms with Gasteiger partial charge in [0.15, 0.2) is 0 Å². The number of aromatic nitrogens is 1. The average molecular weight is 612 g/mol. The third-order valence-corrected chi connectivity index (χ3v) is 10.2. The lowest BCUT2D eigenvalue weighted by Crippen LogP contribution is -2.33. The zero-order valence-corrected chi connectivity index (χ0v) is 24.1. The van der Waals surface area contributed by atoms with Gasteiger partial charge < -0.3 is 0 Å². The molecule has 0 aliphatic carbocycles. The summed E-state index contributed by atoms with van der Waals surface area (Å²) < 4.78 is 57.3. The molecule has 0 saturated carbocycles. The fourth-order valence-electron chi connectivity index (χ4n) is 4.42. The molecule has 0 saturated heterocycles. The van der Waals surface area contributed by atoms with Gasteiger partial charge in [0.25, 0.3) is 10.0 Å². The standard InChI is InChI=1S/C29H27BrN2O4S2/c1-3-10-28-27(19-22-31(21-9-20-30)37(33,34)25-17-15-23(2)16-18-25)26-13-7-8-14-29(26)32(28)38(35,36)24-11-5-4-6-12-24/h3-8,11-18H,1,10,19,21-22H2,2H3. The van der Waals surface area contributed by atoms with E-state index in [1.165, 1.54) is 8.28 Å². The lowest BCUT2D eigenvalue weighted by molar-refractivity contribution is 0.449. The Bertz CT molecular complexity index is 1730. The number of hydrogen-bond donors (Lipinski definition) is 0. The molecule has 0 amide bonds. The largest absolute Gasteiger partial charge is 0.268 e. The van der Waals surface area contributed by atoms with Crippen LogP contribution in [0.25, 0.3) is 10.9 Å². The van der Waals surface area contributed by atoms with E-state index in [1.54, 1.807) is 72.8 Å². The normalized spacial score (nSPS) is 11.9. The predicted octanol–water partition coefficient (Wildman–Crippen LogP) is 5.50. The van der Waals surface area contributed by atoms with E-state index in [9.17, 15) is 16.8 Å². The van der Waals surface area contributed by atoms with Crippen molar-refractivity contribution < 1.29 is 16.8 Å². The van der Waals surface area contributed by atoms with E-state index in [0.29, 0.717) is 17.6 Å². The Hall–Kier alpha value is -3.16. The van der Waals surface area contributed by atoms with Crippen LogP contribution >= 0.6 is 15.9 Å². The summed E-state index contributed by atoms with van der Waals surface area (Å²) in [6.07, 6.45) is 2.24. The van der Waals surface area contributed by atoms with E-state index in [-0.39, 0.29) is 29.3 Å². The minimum Gasteiger partial charge on any atom is -0.237 e. The number of aryl methyl sites for hydroxylation is 1. The first-order chi connectivity index (χ1) is 18.2. The van der Waals surface area contributed by atoms with Crippen molar-refractivity contribution in [3.63, 3.8) is 0 Å². The molecular formula is C29H27BrN2O4S2. The van der Waals surface area contributed by atoms with Crippen molar-refractivity contribution in [2.45, 2.75) is 29.6 Å². The quantitative estimate of drug-likeness (QED) is 0.175. The summed E-state index contributed by atoms with van der Waals surface area (Å²) in [6, 6.07) is 22.2. The number of hydrogen-bond acceptors (Lipinski definition) is 4. The summed E-state index contributed by atoms with van der Waals surface area (Å²) in [7, 11) is -7.76. The molecule has 9 heteroatoms. The van der Waals surface area contributed by atoms with Crippen LogP contribution in [-0.4, -0.2) is 38.2 Å². The van der Waals surface area contributed by atoms with Crippen LogP contribution in [0.1, 0.15) is 16.8 Å². The highest BCUT2D eigenvalue weighted by Crippen LogP contribution is 2.32. The summed E-state index contributed by atoms with van der Waals surface area (Å²) >= 11 is 3.05. The molecule has 0 spiro atoms. The van der Waals surface area contributed by atoms with Gasteiger partial charge in [0.2, 0.25) is 10.0 Å². The Balaban J connectivity index is 1.82. The Kier molecular flexibility index (Phi) is 8.58. The van der Waals surface area contributed by atoms with Crippen molar-refractivity contribution in [3.8, 4) is 10.8 Å². The average Bonchev–Trinajstić information content (AvgIpc) is 3.23. The van der Waals surface area contributed by atoms with Gasteiger partial charge in [0.1, 0.15) is 0 Å². The second kappa shape index (κ2) is 11.7. The van der Waals surface area contributed by atoms with Gasteiger partial charge in [-0.15, -0.1) is 6.58 Å². The van der Waals surface area contributed by atoms with Gasteiger partial charge in [-0.1, -0.05) is 66.1 Å². The zero-order chi connectivity index (χ0) is 27.3. The Morgan fingerprint density at radius 1 is 0.921 bits per heavy atom. The van der Waals surface area contributed by atoms with Crippen molar-refractivity contribution >= 4 is 46.9 Å². The number of fused-ring (bicyclic) bond motifs is 1. The van der Waals surface area contributed by atoms with Crippen LogP contribution < -0.4 is 0 Å². The highest BCUT2D eigenvalue weighted by atomic mass is 79.9. The van der Waals surface area contributed by atoms with Crippen molar-refractivity contribution in [1.29, 1.82) is 0 Å². The second-order valence-electron chi connectivity index (χ2n) is 8.69. The molecule has 0 unspecified atom stereocenters. The molecule has 6 nitrogen and oxygen atoms in total. The second-order valence-corrected chi connectivity index (χ2v) is 12.8. The van der Waals surface area contributed by atoms with Gasteiger partial charge >= 0.3 is 0 Å². The van der Waals surface area contributed by atoms with Crippen LogP contribution in [0.4, 0.5) is 0 Å². The Morgan fingerprint density at radius 3 is 2.24 bits per heavy atom. The molecular weight excluding hydrogens is 584 g/mol. The topological polar surface area (TPSA) is 76.5 Å². The van der Waals surface area contributed by atoms with Gasteiger partial charge in [0.05, 0.1) is 21.9 Å². The molecule has 4 aromatic rings. The highest BCUT2D eigenvalue weighted by Gasteiger charge is 2.28. The number of para-hydroxylation sites is 1. The third-order valence-electron chi connectivity index (χ3n) is 6.25. The minimum atomic E-state index is -3.92. The van der Waals surface area contributed by atoms with E-state index in [2.05, 4.69) is 33.3 Å². The molecule has 1 heterocycles. The molecule has 0 aliphatic heterocycles. The van der Waals surface area contributed by atoms with Gasteiger partial charge in [-0.2, -0.15) is 4.31 Å². The predicted molar refractivity (Wildman–Crippen MR) is 155 cm³/mol. The maximum absolute atomic E-state index is 13.8. The SMILES string of the molecule is C=CCc1c(CCN(CC#CBr)S(=O)(=O)c2ccc(C)cc2)c2ccccc2n1S(=O)(=O)c1ccccc1. The van der Waals surface area contributed by atoms with Crippen LogP contribution in [0.3, 0.4) is 0 Å². The Morgan fingerprint density at radius 2 is 1.58 bits per heavy atom. The van der Waals surface area contributed by atoms with E-state index >= 15 is 0 Å². The number of sulfonamides is 1. The van der Waals surface area contributed by atoms with E-state index in [0.717, 1.165) is 16.5 Å². The molecule has 4 rings (SSSR count). The summed E-state index contributed by atoms with van der Waals surface area (Å²) in [4.78, 5) is 2.95. The molecule has 3 aromatic carbocycles. The number of allylic oxidation sites excluding steroid dienone is 1. The molecule has 0 atom stereocenters. The number of rotatable bonds is 10. The summed E-state index contributed by atoms with van der Waals surface area (Å²) in [5.41, 5.74) is 2.81. The van der Waals surface area contributed by atoms with E-state index in [4.69, 9.17) is 0 Å². The summed E-state index contributed by atoms with van der Waals surface area (Å²) in [5.74, 6) is 2.80. The van der Waals surface area contributed by atoms with Crippen LogP contribution in [0, 0.1) is 17.7 Å². The van der Waals surface area contributed by atoms with Gasteiger partial charge in [0, 0.05) is 40.0 Å². The lowest BCUT2D eigenvalue weighted by Gasteiger charge is -2.20. The van der Waals surface area contributed by atoms with Crippen LogP contribution in [0.15, 0.2) is 101 Å². The lowest BCUT2D eigenvalue weighted by atomic mass is 10.1. The van der Waals surface area contributed by atoms with Crippen LogP contribution in [0.2, 0.25) is 0 Å². The molecule has 0 radical (unpaired) electrons.